The fourth-order valence-corrected chi connectivity index (χ4v) is 2.66. The molecule has 0 bridgehead atoms. The van der Waals surface area contributed by atoms with Crippen LogP contribution in [0, 0.1) is 0 Å². The Hall–Kier alpha value is -0.880. The molecule has 0 aromatic heterocycles. The van der Waals surface area contributed by atoms with Gasteiger partial charge in [0.05, 0.1) is 11.6 Å². The van der Waals surface area contributed by atoms with Crippen molar-refractivity contribution in [1.29, 1.82) is 0 Å². The van der Waals surface area contributed by atoms with Gasteiger partial charge in [0.15, 0.2) is 0 Å². The van der Waals surface area contributed by atoms with Gasteiger partial charge in [0, 0.05) is 10.4 Å². The Balaban J connectivity index is 2.83. The van der Waals surface area contributed by atoms with E-state index in [1.165, 1.54) is 13.0 Å². The molecule has 1 atom stereocenters. The topological polar surface area (TPSA) is 66.4 Å². The second-order valence-electron chi connectivity index (χ2n) is 4.90. The summed E-state index contributed by atoms with van der Waals surface area (Å²) < 4.78 is 26.1. The number of nitrogens with one attached hydrogen (secondary N) is 1. The molecule has 0 aliphatic heterocycles. The maximum absolute atomic E-state index is 11.9. The molecular weight excluding hydrogens is 286 g/mol. The van der Waals surface area contributed by atoms with Crippen LogP contribution in [0.3, 0.4) is 0 Å². The van der Waals surface area contributed by atoms with Gasteiger partial charge in [-0.3, -0.25) is 0 Å². The van der Waals surface area contributed by atoms with Crippen LogP contribution < -0.4 is 4.72 Å². The molecule has 2 N–H and O–H groups in total. The van der Waals surface area contributed by atoms with Crippen LogP contribution in [0.25, 0.3) is 6.08 Å². The number of rotatable bonds is 5. The van der Waals surface area contributed by atoms with Crippen LogP contribution in [0.1, 0.15) is 26.3 Å². The van der Waals surface area contributed by atoms with E-state index in [2.05, 4.69) is 4.72 Å². The average Bonchev–Trinajstić information content (AvgIpc) is 2.27. The Labute approximate surface area is 119 Å². The minimum atomic E-state index is -3.62. The van der Waals surface area contributed by atoms with Gasteiger partial charge in [-0.1, -0.05) is 23.7 Å². The van der Waals surface area contributed by atoms with Crippen LogP contribution in [0.2, 0.25) is 5.02 Å². The summed E-state index contributed by atoms with van der Waals surface area (Å²) in [5.41, 5.74) is -0.201. The number of aliphatic hydroxyl groups is 1. The Morgan fingerprint density at radius 3 is 2.32 bits per heavy atom. The second kappa shape index (κ2) is 6.05. The predicted molar refractivity (Wildman–Crippen MR) is 78.3 cm³/mol. The normalized spacial score (nSPS) is 14.8. The van der Waals surface area contributed by atoms with Crippen LogP contribution in [-0.2, 0) is 10.0 Å². The highest BCUT2D eigenvalue weighted by molar-refractivity contribution is 7.92. The van der Waals surface area contributed by atoms with Gasteiger partial charge in [0.1, 0.15) is 0 Å². The number of hydrogen-bond donors (Lipinski definition) is 2. The van der Waals surface area contributed by atoms with Gasteiger partial charge in [-0.15, -0.1) is 0 Å². The first-order valence-electron chi connectivity index (χ1n) is 5.78. The van der Waals surface area contributed by atoms with Gasteiger partial charge in [-0.05, 0) is 44.5 Å². The van der Waals surface area contributed by atoms with Gasteiger partial charge in [-0.25, -0.2) is 13.1 Å². The molecule has 1 aromatic rings. The third-order valence-electron chi connectivity index (χ3n) is 2.76. The van der Waals surface area contributed by atoms with Crippen molar-refractivity contribution in [3.63, 3.8) is 0 Å². The minimum absolute atomic E-state index is 0.591. The van der Waals surface area contributed by atoms with Crippen molar-refractivity contribution in [2.75, 3.05) is 0 Å². The third-order valence-corrected chi connectivity index (χ3v) is 4.32. The van der Waals surface area contributed by atoms with Gasteiger partial charge in [0.2, 0.25) is 10.0 Å². The van der Waals surface area contributed by atoms with E-state index in [0.717, 1.165) is 11.0 Å². The highest BCUT2D eigenvalue weighted by atomic mass is 35.5. The number of halogens is 1. The molecule has 0 saturated heterocycles. The molecular formula is C13H18ClNO3S. The number of hydrogen-bond acceptors (Lipinski definition) is 3. The van der Waals surface area contributed by atoms with Crippen LogP contribution in [0.15, 0.2) is 29.7 Å². The molecule has 0 saturated carbocycles. The van der Waals surface area contributed by atoms with Crippen molar-refractivity contribution in [2.45, 2.75) is 32.4 Å². The first kappa shape index (κ1) is 16.2. The maximum Gasteiger partial charge on any atom is 0.234 e. The summed E-state index contributed by atoms with van der Waals surface area (Å²) in [6, 6.07) is 6.80. The molecule has 0 radical (unpaired) electrons. The van der Waals surface area contributed by atoms with E-state index in [-0.39, 0.29) is 0 Å². The van der Waals surface area contributed by atoms with Crippen molar-refractivity contribution in [2.24, 2.45) is 0 Å². The van der Waals surface area contributed by atoms with Gasteiger partial charge >= 0.3 is 0 Å². The van der Waals surface area contributed by atoms with Crippen LogP contribution in [0.4, 0.5) is 0 Å². The Bertz CT molecular complexity index is 548. The van der Waals surface area contributed by atoms with Crippen molar-refractivity contribution < 1.29 is 13.5 Å². The lowest BCUT2D eigenvalue weighted by Gasteiger charge is -2.28. The Kier molecular flexibility index (Phi) is 5.15. The van der Waals surface area contributed by atoms with Crippen LogP contribution in [-0.4, -0.2) is 25.2 Å². The van der Waals surface area contributed by atoms with E-state index >= 15 is 0 Å². The Morgan fingerprint density at radius 2 is 1.84 bits per heavy atom. The largest absolute Gasteiger partial charge is 0.391 e. The SMILES string of the molecule is CC(O)C(C)(C)NS(=O)(=O)/C=C/c1ccc(Cl)cc1. The molecule has 0 amide bonds. The lowest BCUT2D eigenvalue weighted by molar-refractivity contribution is 0.112. The standard InChI is InChI=1S/C13H18ClNO3S/c1-10(16)13(2,3)15-19(17,18)9-8-11-4-6-12(14)7-5-11/h4-10,15-16H,1-3H3/b9-8+. The molecule has 6 heteroatoms. The fourth-order valence-electron chi connectivity index (χ4n) is 1.23. The lowest BCUT2D eigenvalue weighted by Crippen LogP contribution is -2.50. The maximum atomic E-state index is 11.9. The molecule has 4 nitrogen and oxygen atoms in total. The summed E-state index contributed by atoms with van der Waals surface area (Å²) in [5.74, 6) is 0. The first-order valence-corrected chi connectivity index (χ1v) is 7.70. The highest BCUT2D eigenvalue weighted by Gasteiger charge is 2.28. The van der Waals surface area contributed by atoms with Crippen molar-refractivity contribution in [3.8, 4) is 0 Å². The molecule has 19 heavy (non-hydrogen) atoms. The number of aliphatic hydroxyl groups excluding tert-OH is 1. The summed E-state index contributed by atoms with van der Waals surface area (Å²) in [6.45, 7) is 4.77. The minimum Gasteiger partial charge on any atom is -0.391 e. The zero-order valence-corrected chi connectivity index (χ0v) is 12.7. The summed E-state index contributed by atoms with van der Waals surface area (Å²) in [4.78, 5) is 0. The molecule has 0 fully saturated rings. The van der Waals surface area contributed by atoms with Gasteiger partial charge < -0.3 is 5.11 Å². The smallest absolute Gasteiger partial charge is 0.234 e. The summed E-state index contributed by atoms with van der Waals surface area (Å²) in [7, 11) is -3.62. The van der Waals surface area contributed by atoms with E-state index in [4.69, 9.17) is 11.6 Å². The van der Waals surface area contributed by atoms with Crippen molar-refractivity contribution in [1.82, 2.24) is 4.72 Å². The second-order valence-corrected chi connectivity index (χ2v) is 6.90. The molecule has 0 aliphatic rings. The molecule has 1 aromatic carbocycles. The molecule has 106 valence electrons. The van der Waals surface area contributed by atoms with E-state index < -0.39 is 21.7 Å². The molecule has 0 spiro atoms. The third kappa shape index (κ3) is 5.32. The van der Waals surface area contributed by atoms with Crippen molar-refractivity contribution in [3.05, 3.63) is 40.3 Å². The molecule has 1 unspecified atom stereocenters. The van der Waals surface area contributed by atoms with E-state index in [9.17, 15) is 13.5 Å². The summed E-state index contributed by atoms with van der Waals surface area (Å²) in [5, 5.41) is 11.2. The summed E-state index contributed by atoms with van der Waals surface area (Å²) in [6.07, 6.45) is 0.669. The van der Waals surface area contributed by atoms with E-state index in [1.807, 2.05) is 0 Å². The first-order chi connectivity index (χ1) is 8.62. The number of sulfonamides is 1. The molecule has 0 aliphatic carbocycles. The van der Waals surface area contributed by atoms with Crippen molar-refractivity contribution >= 4 is 27.7 Å². The quantitative estimate of drug-likeness (QED) is 0.877. The van der Waals surface area contributed by atoms with Gasteiger partial charge in [-0.2, -0.15) is 0 Å². The molecule has 1 rings (SSSR count). The highest BCUT2D eigenvalue weighted by Crippen LogP contribution is 2.13. The zero-order chi connectivity index (χ0) is 14.7. The lowest BCUT2D eigenvalue weighted by atomic mass is 10.0. The predicted octanol–water partition coefficient (Wildman–Crippen LogP) is 2.39. The summed E-state index contributed by atoms with van der Waals surface area (Å²) >= 11 is 5.74. The van der Waals surface area contributed by atoms with E-state index in [0.29, 0.717) is 5.02 Å². The molecule has 0 heterocycles. The van der Waals surface area contributed by atoms with Gasteiger partial charge in [0.25, 0.3) is 0 Å². The van der Waals surface area contributed by atoms with E-state index in [1.54, 1.807) is 38.1 Å². The van der Waals surface area contributed by atoms with Crippen LogP contribution >= 0.6 is 11.6 Å². The average molecular weight is 304 g/mol. The zero-order valence-electron chi connectivity index (χ0n) is 11.1. The van der Waals surface area contributed by atoms with Crippen LogP contribution in [0.5, 0.6) is 0 Å². The number of benzene rings is 1. The Morgan fingerprint density at radius 1 is 1.32 bits per heavy atom. The monoisotopic (exact) mass is 303 g/mol. The fraction of sp³-hybridized carbons (Fsp3) is 0.385.